The van der Waals surface area contributed by atoms with E-state index in [2.05, 4.69) is 20.7 Å². The molecule has 0 fully saturated rings. The van der Waals surface area contributed by atoms with Crippen molar-refractivity contribution in [1.29, 1.82) is 0 Å². The van der Waals surface area contributed by atoms with Crippen LogP contribution in [0.5, 0.6) is 5.75 Å². The van der Waals surface area contributed by atoms with Crippen molar-refractivity contribution in [3.8, 4) is 5.75 Å². The van der Waals surface area contributed by atoms with Crippen LogP contribution in [0.3, 0.4) is 0 Å². The van der Waals surface area contributed by atoms with Crippen LogP contribution in [0.25, 0.3) is 0 Å². The first kappa shape index (κ1) is 13.1. The van der Waals surface area contributed by atoms with E-state index in [9.17, 15) is 30.7 Å². The first-order valence-corrected chi connectivity index (χ1v) is 4.21. The van der Waals surface area contributed by atoms with Gasteiger partial charge in [-0.25, -0.2) is 8.78 Å². The van der Waals surface area contributed by atoms with Gasteiger partial charge in [0.05, 0.1) is 4.47 Å². The van der Waals surface area contributed by atoms with Gasteiger partial charge >= 0.3 is 6.36 Å². The molecule has 1 aromatic carbocycles. The smallest absolute Gasteiger partial charge is 0.399 e. The summed E-state index contributed by atoms with van der Waals surface area (Å²) in [5.74, 6) is -10.8. The number of hydrogen-bond donors (Lipinski definition) is 0. The Morgan fingerprint density at radius 2 is 1.19 bits per heavy atom. The molecule has 1 nitrogen and oxygen atoms in total. The summed E-state index contributed by atoms with van der Waals surface area (Å²) in [7, 11) is 0. The van der Waals surface area contributed by atoms with Gasteiger partial charge in [0.15, 0.2) is 11.6 Å². The second-order valence-corrected chi connectivity index (χ2v) is 3.24. The number of hydrogen-bond acceptors (Lipinski definition) is 1. The van der Waals surface area contributed by atoms with E-state index in [1.807, 2.05) is 0 Å². The predicted molar refractivity (Wildman–Crippen MR) is 40.7 cm³/mol. The van der Waals surface area contributed by atoms with Gasteiger partial charge in [0.2, 0.25) is 17.4 Å². The zero-order valence-corrected chi connectivity index (χ0v) is 8.52. The largest absolute Gasteiger partial charge is 0.573 e. The third-order valence-corrected chi connectivity index (χ3v) is 2.08. The highest BCUT2D eigenvalue weighted by Crippen LogP contribution is 2.35. The van der Waals surface area contributed by atoms with E-state index >= 15 is 0 Å². The topological polar surface area (TPSA) is 9.23 Å². The zero-order valence-electron chi connectivity index (χ0n) is 6.93. The normalized spacial score (nSPS) is 11.8. The quantitative estimate of drug-likeness (QED) is 0.434. The molecule has 0 spiro atoms. The first-order valence-electron chi connectivity index (χ1n) is 3.42. The van der Waals surface area contributed by atoms with Crippen LogP contribution in [0.4, 0.5) is 30.7 Å². The summed E-state index contributed by atoms with van der Waals surface area (Å²) < 4.78 is 87.6. The van der Waals surface area contributed by atoms with Crippen molar-refractivity contribution in [3.63, 3.8) is 0 Å². The molecule has 16 heavy (non-hydrogen) atoms. The monoisotopic (exact) mass is 312 g/mol. The third-order valence-electron chi connectivity index (χ3n) is 1.39. The van der Waals surface area contributed by atoms with Gasteiger partial charge in [-0.1, -0.05) is 0 Å². The van der Waals surface area contributed by atoms with E-state index in [1.165, 1.54) is 0 Å². The third kappa shape index (κ3) is 2.39. The van der Waals surface area contributed by atoms with E-state index in [-0.39, 0.29) is 0 Å². The molecule has 0 atom stereocenters. The lowest BCUT2D eigenvalue weighted by molar-refractivity contribution is -0.276. The lowest BCUT2D eigenvalue weighted by Gasteiger charge is -2.12. The fourth-order valence-electron chi connectivity index (χ4n) is 0.790. The number of ether oxygens (including phenoxy) is 1. The Labute approximate surface area is 91.9 Å². The SMILES string of the molecule is Fc1c(F)c(OC(F)(F)F)c(F)c(F)c1Br. The van der Waals surface area contributed by atoms with Gasteiger partial charge in [-0.05, 0) is 15.9 Å². The predicted octanol–water partition coefficient (Wildman–Crippen LogP) is 3.90. The molecule has 0 heterocycles. The molecule has 0 saturated heterocycles. The van der Waals surface area contributed by atoms with Crippen LogP contribution in [0, 0.1) is 23.3 Å². The Balaban J connectivity index is 3.40. The molecule has 0 amide bonds. The zero-order chi connectivity index (χ0) is 12.7. The maximum atomic E-state index is 12.8. The fraction of sp³-hybridized carbons (Fsp3) is 0.143. The molecule has 90 valence electrons. The Bertz CT molecular complexity index is 399. The molecule has 0 saturated carbocycles. The van der Waals surface area contributed by atoms with E-state index in [0.717, 1.165) is 0 Å². The second kappa shape index (κ2) is 4.11. The summed E-state index contributed by atoms with van der Waals surface area (Å²) in [6, 6.07) is 0. The average molecular weight is 313 g/mol. The highest BCUT2D eigenvalue weighted by Gasteiger charge is 2.37. The minimum Gasteiger partial charge on any atom is -0.399 e. The molecule has 0 aliphatic carbocycles. The molecule has 0 radical (unpaired) electrons. The van der Waals surface area contributed by atoms with Crippen LogP contribution in [-0.4, -0.2) is 6.36 Å². The van der Waals surface area contributed by atoms with Crippen LogP contribution >= 0.6 is 15.9 Å². The van der Waals surface area contributed by atoms with E-state index in [0.29, 0.717) is 0 Å². The first-order chi connectivity index (χ1) is 7.15. The van der Waals surface area contributed by atoms with Gasteiger partial charge < -0.3 is 4.74 Å². The van der Waals surface area contributed by atoms with E-state index in [1.54, 1.807) is 0 Å². The van der Waals surface area contributed by atoms with Crippen molar-refractivity contribution in [2.45, 2.75) is 6.36 Å². The summed E-state index contributed by atoms with van der Waals surface area (Å²) in [6.07, 6.45) is -5.46. The average Bonchev–Trinajstić information content (AvgIpc) is 2.17. The Morgan fingerprint density at radius 1 is 0.812 bits per heavy atom. The van der Waals surface area contributed by atoms with Crippen molar-refractivity contribution in [2.75, 3.05) is 0 Å². The molecule has 1 aromatic rings. The summed E-state index contributed by atoms with van der Waals surface area (Å²) in [6.45, 7) is 0. The van der Waals surface area contributed by atoms with Crippen LogP contribution < -0.4 is 4.74 Å². The lowest BCUT2D eigenvalue weighted by Crippen LogP contribution is -2.20. The Morgan fingerprint density at radius 3 is 1.50 bits per heavy atom. The van der Waals surface area contributed by atoms with E-state index < -0.39 is 39.9 Å². The van der Waals surface area contributed by atoms with Gasteiger partial charge in [-0.2, -0.15) is 8.78 Å². The van der Waals surface area contributed by atoms with Crippen LogP contribution in [0.15, 0.2) is 4.47 Å². The van der Waals surface area contributed by atoms with Gasteiger partial charge in [-0.3, -0.25) is 0 Å². The van der Waals surface area contributed by atoms with Crippen LogP contribution in [0.1, 0.15) is 0 Å². The number of halogens is 8. The number of benzene rings is 1. The van der Waals surface area contributed by atoms with Crippen molar-refractivity contribution in [3.05, 3.63) is 27.7 Å². The molecule has 0 bridgehead atoms. The van der Waals surface area contributed by atoms with Crippen molar-refractivity contribution < 1.29 is 35.5 Å². The standard InChI is InChI=1S/C7BrF7O/c8-1-2(9)4(11)6(5(12)3(1)10)16-7(13,14)15. The minimum absolute atomic E-state index is 1.25. The second-order valence-electron chi connectivity index (χ2n) is 2.45. The van der Waals surface area contributed by atoms with Crippen molar-refractivity contribution in [2.24, 2.45) is 0 Å². The number of alkyl halides is 3. The van der Waals surface area contributed by atoms with Crippen LogP contribution in [-0.2, 0) is 0 Å². The van der Waals surface area contributed by atoms with Gasteiger partial charge in [0.1, 0.15) is 0 Å². The van der Waals surface area contributed by atoms with Crippen molar-refractivity contribution >= 4 is 15.9 Å². The summed E-state index contributed by atoms with van der Waals surface area (Å²) in [5, 5.41) is 0. The van der Waals surface area contributed by atoms with Gasteiger partial charge in [-0.15, -0.1) is 13.2 Å². The maximum Gasteiger partial charge on any atom is 0.573 e. The molecule has 9 heteroatoms. The lowest BCUT2D eigenvalue weighted by atomic mass is 10.3. The van der Waals surface area contributed by atoms with Gasteiger partial charge in [0, 0.05) is 0 Å². The van der Waals surface area contributed by atoms with Crippen molar-refractivity contribution in [1.82, 2.24) is 0 Å². The summed E-state index contributed by atoms with van der Waals surface area (Å²) in [4.78, 5) is 0. The molecule has 0 aromatic heterocycles. The molecule has 0 aliphatic heterocycles. The summed E-state index contributed by atoms with van der Waals surface area (Å²) in [5.41, 5.74) is 0. The molecular weight excluding hydrogens is 313 g/mol. The van der Waals surface area contributed by atoms with Crippen LogP contribution in [0.2, 0.25) is 0 Å². The molecule has 0 unspecified atom stereocenters. The highest BCUT2D eigenvalue weighted by atomic mass is 79.9. The van der Waals surface area contributed by atoms with E-state index in [4.69, 9.17) is 0 Å². The molecular formula is C7BrF7O. The minimum atomic E-state index is -5.46. The summed E-state index contributed by atoms with van der Waals surface area (Å²) >= 11 is 2.13. The Hall–Kier alpha value is -0.990. The number of rotatable bonds is 1. The fourth-order valence-corrected chi connectivity index (χ4v) is 1.14. The highest BCUT2D eigenvalue weighted by molar-refractivity contribution is 9.10. The molecule has 0 aliphatic rings. The molecule has 1 rings (SSSR count). The Kier molecular flexibility index (Phi) is 3.36. The maximum absolute atomic E-state index is 12.8. The molecule has 0 N–H and O–H groups in total. The van der Waals surface area contributed by atoms with Gasteiger partial charge in [0.25, 0.3) is 0 Å².